The molecule has 0 fully saturated rings. The van der Waals surface area contributed by atoms with Gasteiger partial charge in [0.1, 0.15) is 5.75 Å². The third-order valence-electron chi connectivity index (χ3n) is 2.19. The molecule has 0 atom stereocenters. The SMILES string of the molecule is COc1cc(Br)cc(NS(=O)(=O)c2sccc2Br)c1. The van der Waals surface area contributed by atoms with E-state index in [1.165, 1.54) is 7.11 Å². The highest BCUT2D eigenvalue weighted by Gasteiger charge is 2.19. The van der Waals surface area contributed by atoms with Crippen molar-refractivity contribution in [2.24, 2.45) is 0 Å². The van der Waals surface area contributed by atoms with Gasteiger partial charge in [0.15, 0.2) is 4.21 Å². The number of nitrogens with one attached hydrogen (secondary N) is 1. The predicted octanol–water partition coefficient (Wildman–Crippen LogP) is 4.08. The van der Waals surface area contributed by atoms with E-state index >= 15 is 0 Å². The summed E-state index contributed by atoms with van der Waals surface area (Å²) in [6.45, 7) is 0. The Balaban J connectivity index is 2.36. The first-order valence-electron chi connectivity index (χ1n) is 5.03. The van der Waals surface area contributed by atoms with Crippen molar-refractivity contribution in [1.29, 1.82) is 0 Å². The van der Waals surface area contributed by atoms with E-state index < -0.39 is 10.0 Å². The Morgan fingerprint density at radius 3 is 2.58 bits per heavy atom. The van der Waals surface area contributed by atoms with Crippen LogP contribution in [0.5, 0.6) is 5.75 Å². The number of rotatable bonds is 4. The van der Waals surface area contributed by atoms with Crippen LogP contribution in [-0.2, 0) is 10.0 Å². The summed E-state index contributed by atoms with van der Waals surface area (Å²) in [7, 11) is -2.07. The van der Waals surface area contributed by atoms with Crippen molar-refractivity contribution in [3.05, 3.63) is 38.6 Å². The van der Waals surface area contributed by atoms with Gasteiger partial charge in [0, 0.05) is 15.0 Å². The maximum Gasteiger partial charge on any atom is 0.272 e. The van der Waals surface area contributed by atoms with Crippen LogP contribution < -0.4 is 9.46 Å². The largest absolute Gasteiger partial charge is 0.497 e. The summed E-state index contributed by atoms with van der Waals surface area (Å²) in [6, 6.07) is 6.73. The molecule has 4 nitrogen and oxygen atoms in total. The molecule has 0 saturated heterocycles. The summed E-state index contributed by atoms with van der Waals surface area (Å²) in [6.07, 6.45) is 0. The van der Waals surface area contributed by atoms with Crippen LogP contribution in [0.3, 0.4) is 0 Å². The van der Waals surface area contributed by atoms with Gasteiger partial charge in [-0.3, -0.25) is 4.72 Å². The summed E-state index contributed by atoms with van der Waals surface area (Å²) >= 11 is 7.67. The fourth-order valence-corrected chi connectivity index (χ4v) is 5.26. The minimum absolute atomic E-state index is 0.242. The molecule has 8 heteroatoms. The molecule has 2 rings (SSSR count). The minimum Gasteiger partial charge on any atom is -0.497 e. The number of methoxy groups -OCH3 is 1. The van der Waals surface area contributed by atoms with Crippen molar-refractivity contribution < 1.29 is 13.2 Å². The summed E-state index contributed by atoms with van der Waals surface area (Å²) < 4.78 is 33.5. The van der Waals surface area contributed by atoms with Crippen molar-refractivity contribution in [3.8, 4) is 5.75 Å². The Labute approximate surface area is 132 Å². The highest BCUT2D eigenvalue weighted by Crippen LogP contribution is 2.31. The van der Waals surface area contributed by atoms with Crippen molar-refractivity contribution in [2.45, 2.75) is 4.21 Å². The fourth-order valence-electron chi connectivity index (χ4n) is 1.41. The van der Waals surface area contributed by atoms with E-state index in [1.807, 2.05) is 0 Å². The molecular formula is C11H9Br2NO3S2. The summed E-state index contributed by atoms with van der Waals surface area (Å²) in [5.41, 5.74) is 0.437. The van der Waals surface area contributed by atoms with E-state index in [1.54, 1.807) is 29.6 Å². The van der Waals surface area contributed by atoms with Gasteiger partial charge in [0.2, 0.25) is 0 Å². The molecule has 0 bridgehead atoms. The molecule has 102 valence electrons. The summed E-state index contributed by atoms with van der Waals surface area (Å²) in [5.74, 6) is 0.567. The number of hydrogen-bond donors (Lipinski definition) is 1. The van der Waals surface area contributed by atoms with Gasteiger partial charge in [0.25, 0.3) is 10.0 Å². The van der Waals surface area contributed by atoms with E-state index in [9.17, 15) is 8.42 Å². The van der Waals surface area contributed by atoms with Gasteiger partial charge in [-0.2, -0.15) is 0 Å². The van der Waals surface area contributed by atoms with Gasteiger partial charge in [-0.05, 0) is 39.5 Å². The quantitative estimate of drug-likeness (QED) is 0.801. The molecule has 0 aliphatic heterocycles. The normalized spacial score (nSPS) is 11.3. The van der Waals surface area contributed by atoms with E-state index in [-0.39, 0.29) is 4.21 Å². The lowest BCUT2D eigenvalue weighted by atomic mass is 10.3. The average Bonchev–Trinajstić information content (AvgIpc) is 2.74. The topological polar surface area (TPSA) is 55.4 Å². The van der Waals surface area contributed by atoms with E-state index in [0.717, 1.165) is 15.8 Å². The Morgan fingerprint density at radius 1 is 1.26 bits per heavy atom. The van der Waals surface area contributed by atoms with Gasteiger partial charge in [-0.1, -0.05) is 15.9 Å². The second-order valence-electron chi connectivity index (χ2n) is 3.54. The lowest BCUT2D eigenvalue weighted by Crippen LogP contribution is -2.12. The average molecular weight is 427 g/mol. The second-order valence-corrected chi connectivity index (χ2v) is 8.11. The molecule has 0 unspecified atom stereocenters. The first kappa shape index (κ1) is 14.8. The van der Waals surface area contributed by atoms with Crippen LogP contribution >= 0.6 is 43.2 Å². The zero-order valence-corrected chi connectivity index (χ0v) is 14.5. The number of sulfonamides is 1. The minimum atomic E-state index is -3.60. The van der Waals surface area contributed by atoms with E-state index in [4.69, 9.17) is 4.74 Å². The Bertz CT molecular complexity index is 698. The molecule has 0 spiro atoms. The smallest absolute Gasteiger partial charge is 0.272 e. The molecule has 2 aromatic rings. The zero-order chi connectivity index (χ0) is 14.0. The van der Waals surface area contributed by atoms with Crippen LogP contribution in [0, 0.1) is 0 Å². The predicted molar refractivity (Wildman–Crippen MR) is 83.5 cm³/mol. The molecular weight excluding hydrogens is 418 g/mol. The van der Waals surface area contributed by atoms with Crippen LogP contribution in [0.25, 0.3) is 0 Å². The number of halogens is 2. The van der Waals surface area contributed by atoms with E-state index in [0.29, 0.717) is 15.9 Å². The molecule has 0 amide bonds. The second kappa shape index (κ2) is 5.82. The third kappa shape index (κ3) is 3.50. The first-order chi connectivity index (χ1) is 8.92. The van der Waals surface area contributed by atoms with Gasteiger partial charge in [-0.25, -0.2) is 8.42 Å². The Kier molecular flexibility index (Phi) is 4.54. The standard InChI is InChI=1S/C11H9Br2NO3S2/c1-17-9-5-7(12)4-8(6-9)14-19(15,16)11-10(13)2-3-18-11/h2-6,14H,1H3. The number of hydrogen-bond acceptors (Lipinski definition) is 4. The van der Waals surface area contributed by atoms with E-state index in [2.05, 4.69) is 36.6 Å². The lowest BCUT2D eigenvalue weighted by molar-refractivity contribution is 0.415. The Morgan fingerprint density at radius 2 is 2.00 bits per heavy atom. The molecule has 1 N–H and O–H groups in total. The van der Waals surface area contributed by atoms with Crippen LogP contribution in [0.15, 0.2) is 42.8 Å². The summed E-state index contributed by atoms with van der Waals surface area (Å²) in [5, 5.41) is 1.71. The molecule has 0 saturated carbocycles. The fraction of sp³-hybridized carbons (Fsp3) is 0.0909. The van der Waals surface area contributed by atoms with Gasteiger partial charge >= 0.3 is 0 Å². The molecule has 1 aromatic heterocycles. The van der Waals surface area contributed by atoms with Crippen LogP contribution in [0.1, 0.15) is 0 Å². The highest BCUT2D eigenvalue weighted by atomic mass is 79.9. The first-order valence-corrected chi connectivity index (χ1v) is 8.97. The Hall–Kier alpha value is -0.570. The van der Waals surface area contributed by atoms with Crippen LogP contribution in [0.2, 0.25) is 0 Å². The number of thiophene rings is 1. The molecule has 1 heterocycles. The molecule has 0 aliphatic carbocycles. The molecule has 0 aliphatic rings. The van der Waals surface area contributed by atoms with Crippen molar-refractivity contribution in [3.63, 3.8) is 0 Å². The molecule has 19 heavy (non-hydrogen) atoms. The highest BCUT2D eigenvalue weighted by molar-refractivity contribution is 9.10. The van der Waals surface area contributed by atoms with Gasteiger partial charge in [0.05, 0.1) is 12.8 Å². The number of anilines is 1. The summed E-state index contributed by atoms with van der Waals surface area (Å²) in [4.78, 5) is 0. The monoisotopic (exact) mass is 425 g/mol. The van der Waals surface area contributed by atoms with Gasteiger partial charge < -0.3 is 4.74 Å². The van der Waals surface area contributed by atoms with Crippen molar-refractivity contribution in [2.75, 3.05) is 11.8 Å². The number of benzene rings is 1. The number of ether oxygens (including phenoxy) is 1. The van der Waals surface area contributed by atoms with Crippen LogP contribution in [-0.4, -0.2) is 15.5 Å². The molecule has 0 radical (unpaired) electrons. The van der Waals surface area contributed by atoms with Crippen LogP contribution in [0.4, 0.5) is 5.69 Å². The van der Waals surface area contributed by atoms with Crippen molar-refractivity contribution >= 4 is 58.9 Å². The maximum atomic E-state index is 12.2. The maximum absolute atomic E-state index is 12.2. The lowest BCUT2D eigenvalue weighted by Gasteiger charge is -2.09. The molecule has 1 aromatic carbocycles. The zero-order valence-electron chi connectivity index (χ0n) is 9.68. The van der Waals surface area contributed by atoms with Gasteiger partial charge in [-0.15, -0.1) is 11.3 Å². The third-order valence-corrected chi connectivity index (χ3v) is 6.70. The van der Waals surface area contributed by atoms with Crippen molar-refractivity contribution in [1.82, 2.24) is 0 Å².